The number of hydrogen-bond donors (Lipinski definition) is 2. The van der Waals surface area contributed by atoms with Gasteiger partial charge in [0.25, 0.3) is 0 Å². The molecule has 0 bridgehead atoms. The monoisotopic (exact) mass is 587 g/mol. The van der Waals surface area contributed by atoms with E-state index >= 15 is 4.39 Å². The quantitative estimate of drug-likeness (QED) is 0.373. The summed E-state index contributed by atoms with van der Waals surface area (Å²) in [5, 5.41) is 19.6. The second-order valence-corrected chi connectivity index (χ2v) is 10.9. The van der Waals surface area contributed by atoms with Gasteiger partial charge in [-0.1, -0.05) is 55.1 Å². The summed E-state index contributed by atoms with van der Waals surface area (Å²) in [7, 11) is 0. The third-order valence-electron chi connectivity index (χ3n) is 7.87. The zero-order valence-electron chi connectivity index (χ0n) is 23.3. The highest BCUT2D eigenvalue weighted by Gasteiger charge is 2.67. The number of halogens is 4. The highest BCUT2D eigenvalue weighted by Crippen LogP contribution is 2.50. The van der Waals surface area contributed by atoms with Crippen molar-refractivity contribution in [1.29, 1.82) is 0 Å². The minimum absolute atomic E-state index is 0.0219. The molecule has 0 aromatic heterocycles. The number of carboxylic acid groups (broad SMARTS) is 1. The number of likely N-dealkylation sites (tertiary alicyclic amines) is 1. The summed E-state index contributed by atoms with van der Waals surface area (Å²) in [5.74, 6) is -1.65. The standard InChI is InChI=1S/C32H33F4NO5/c1-20-17-24-12-15-26(42-25-13-9-22(10-14-25)11-16-28(38)39)19-37(29(40)21(2)23-7-5-4-6-8-23)27(24)18-30(3,33)31(20,41)32(34,35)36/h4-10,13-14,17-18,21,26,41H,1,11-12,15-16,19H2,2-3H3,(H,38,39)/t21-,26-,30?,31?/m0/s1. The maximum absolute atomic E-state index is 16.0. The second-order valence-electron chi connectivity index (χ2n) is 10.9. The predicted octanol–water partition coefficient (Wildman–Crippen LogP) is 6.28. The number of carbonyl (C=O) groups is 2. The molecular weight excluding hydrogens is 554 g/mol. The summed E-state index contributed by atoms with van der Waals surface area (Å²) in [5.41, 5.74) is -6.48. The fourth-order valence-electron chi connectivity index (χ4n) is 5.38. The first-order valence-corrected chi connectivity index (χ1v) is 13.6. The molecule has 0 spiro atoms. The molecule has 1 amide bonds. The van der Waals surface area contributed by atoms with Crippen LogP contribution in [0.4, 0.5) is 17.6 Å². The molecule has 2 unspecified atom stereocenters. The van der Waals surface area contributed by atoms with Gasteiger partial charge in [-0.05, 0) is 73.6 Å². The average Bonchev–Trinajstić information content (AvgIpc) is 3.14. The van der Waals surface area contributed by atoms with E-state index in [1.165, 1.54) is 4.90 Å². The Bertz CT molecular complexity index is 1400. The number of aliphatic hydroxyl groups is 1. The van der Waals surface area contributed by atoms with Gasteiger partial charge in [-0.3, -0.25) is 9.59 Å². The molecule has 6 nitrogen and oxygen atoms in total. The molecule has 2 N–H and O–H groups in total. The van der Waals surface area contributed by atoms with Gasteiger partial charge in [0.2, 0.25) is 11.5 Å². The molecule has 1 aliphatic heterocycles. The van der Waals surface area contributed by atoms with E-state index in [-0.39, 0.29) is 37.1 Å². The number of aliphatic carboxylic acids is 1. The number of fused-ring (bicyclic) bond motifs is 1. The number of carboxylic acids is 1. The average molecular weight is 588 g/mol. The lowest BCUT2D eigenvalue weighted by Gasteiger charge is -2.39. The molecular formula is C32H33F4NO5. The molecule has 2 aliphatic rings. The molecule has 1 saturated heterocycles. The molecule has 1 fully saturated rings. The lowest BCUT2D eigenvalue weighted by Crippen LogP contribution is -2.59. The third kappa shape index (κ3) is 6.13. The molecule has 224 valence electrons. The Kier molecular flexibility index (Phi) is 8.68. The summed E-state index contributed by atoms with van der Waals surface area (Å²) in [6.45, 7) is 5.59. The van der Waals surface area contributed by atoms with E-state index in [1.807, 2.05) is 0 Å². The van der Waals surface area contributed by atoms with E-state index in [0.29, 0.717) is 30.7 Å². The van der Waals surface area contributed by atoms with Crippen molar-refractivity contribution in [2.45, 2.75) is 69.0 Å². The molecule has 1 heterocycles. The van der Waals surface area contributed by atoms with Crippen molar-refractivity contribution in [1.82, 2.24) is 4.90 Å². The largest absolute Gasteiger partial charge is 0.489 e. The number of nitrogens with zero attached hydrogens (tertiary/aromatic N) is 1. The van der Waals surface area contributed by atoms with Gasteiger partial charge < -0.3 is 19.8 Å². The Morgan fingerprint density at radius 3 is 2.38 bits per heavy atom. The van der Waals surface area contributed by atoms with Crippen LogP contribution >= 0.6 is 0 Å². The normalized spacial score (nSPS) is 25.4. The number of rotatable bonds is 7. The number of allylic oxidation sites excluding steroid dienone is 1. The predicted molar refractivity (Wildman–Crippen MR) is 148 cm³/mol. The SMILES string of the molecule is C=C1C=C2CC[C@H](Oc3ccc(CCC(=O)O)cc3)CN(C(=O)[C@@H](C)c3ccccc3)C2=CC(C)(F)C1(O)C(F)(F)F. The number of carbonyl (C=O) groups excluding carboxylic acids is 1. The van der Waals surface area contributed by atoms with Gasteiger partial charge in [0.1, 0.15) is 11.9 Å². The number of aryl methyl sites for hydroxylation is 1. The molecule has 1 aliphatic carbocycles. The second kappa shape index (κ2) is 11.8. The lowest BCUT2D eigenvalue weighted by molar-refractivity contribution is -0.274. The highest BCUT2D eigenvalue weighted by atomic mass is 19.4. The number of amides is 1. The molecule has 2 aromatic rings. The van der Waals surface area contributed by atoms with Crippen molar-refractivity contribution in [3.8, 4) is 5.75 Å². The molecule has 2 aromatic carbocycles. The molecule has 4 atom stereocenters. The van der Waals surface area contributed by atoms with Crippen LogP contribution in [-0.4, -0.2) is 57.1 Å². The number of ether oxygens (including phenoxy) is 1. The summed E-state index contributed by atoms with van der Waals surface area (Å²) in [6, 6.07) is 15.6. The van der Waals surface area contributed by atoms with E-state index in [1.54, 1.807) is 61.5 Å². The van der Waals surface area contributed by atoms with Crippen molar-refractivity contribution in [3.63, 3.8) is 0 Å². The minimum atomic E-state index is -5.38. The molecule has 0 saturated carbocycles. The number of benzene rings is 2. The van der Waals surface area contributed by atoms with Crippen LogP contribution in [0.25, 0.3) is 0 Å². The van der Waals surface area contributed by atoms with Gasteiger partial charge in [0.15, 0.2) is 5.67 Å². The fourth-order valence-corrected chi connectivity index (χ4v) is 5.38. The first-order valence-electron chi connectivity index (χ1n) is 13.6. The Labute approximate surface area is 241 Å². The molecule has 10 heteroatoms. The highest BCUT2D eigenvalue weighted by molar-refractivity contribution is 5.86. The van der Waals surface area contributed by atoms with Gasteiger partial charge >= 0.3 is 12.1 Å². The van der Waals surface area contributed by atoms with Crippen molar-refractivity contribution >= 4 is 11.9 Å². The van der Waals surface area contributed by atoms with Gasteiger partial charge in [0, 0.05) is 12.1 Å². The van der Waals surface area contributed by atoms with Gasteiger partial charge in [-0.2, -0.15) is 13.2 Å². The van der Waals surface area contributed by atoms with Crippen LogP contribution in [0.5, 0.6) is 5.75 Å². The van der Waals surface area contributed by atoms with Crippen LogP contribution in [0.15, 0.2) is 90.2 Å². The number of alkyl halides is 4. The van der Waals surface area contributed by atoms with E-state index in [9.17, 15) is 27.9 Å². The van der Waals surface area contributed by atoms with E-state index in [0.717, 1.165) is 11.6 Å². The smallest absolute Gasteiger partial charge is 0.424 e. The maximum Gasteiger partial charge on any atom is 0.424 e. The molecule has 4 rings (SSSR count). The zero-order chi connectivity index (χ0) is 30.9. The van der Waals surface area contributed by atoms with Gasteiger partial charge in [-0.25, -0.2) is 4.39 Å². The van der Waals surface area contributed by atoms with Crippen LogP contribution in [0, 0.1) is 0 Å². The summed E-state index contributed by atoms with van der Waals surface area (Å²) >= 11 is 0. The molecule has 42 heavy (non-hydrogen) atoms. The summed E-state index contributed by atoms with van der Waals surface area (Å²) < 4.78 is 64.5. The maximum atomic E-state index is 16.0. The number of hydrogen-bond acceptors (Lipinski definition) is 4. The van der Waals surface area contributed by atoms with Crippen LogP contribution in [0.3, 0.4) is 0 Å². The Hall–Kier alpha value is -3.92. The first-order chi connectivity index (χ1) is 19.6. The Morgan fingerprint density at radius 2 is 1.79 bits per heavy atom. The first kappa shape index (κ1) is 31.0. The van der Waals surface area contributed by atoms with E-state index in [4.69, 9.17) is 9.84 Å². The van der Waals surface area contributed by atoms with Gasteiger partial charge in [-0.15, -0.1) is 0 Å². The fraction of sp³-hybridized carbons (Fsp3) is 0.375. The van der Waals surface area contributed by atoms with Crippen LogP contribution in [-0.2, 0) is 16.0 Å². The van der Waals surface area contributed by atoms with Crippen LogP contribution in [0.1, 0.15) is 50.2 Å². The third-order valence-corrected chi connectivity index (χ3v) is 7.87. The van der Waals surface area contributed by atoms with Crippen molar-refractivity contribution in [2.75, 3.05) is 6.54 Å². The van der Waals surface area contributed by atoms with Crippen molar-refractivity contribution in [3.05, 3.63) is 101 Å². The van der Waals surface area contributed by atoms with Crippen molar-refractivity contribution < 1.29 is 42.1 Å². The zero-order valence-corrected chi connectivity index (χ0v) is 23.3. The van der Waals surface area contributed by atoms with E-state index < -0.39 is 46.9 Å². The molecule has 0 radical (unpaired) electrons. The van der Waals surface area contributed by atoms with Crippen LogP contribution < -0.4 is 4.74 Å². The Balaban J connectivity index is 1.72. The lowest BCUT2D eigenvalue weighted by atomic mass is 9.80. The minimum Gasteiger partial charge on any atom is -0.489 e. The summed E-state index contributed by atoms with van der Waals surface area (Å²) in [4.78, 5) is 26.1. The van der Waals surface area contributed by atoms with Gasteiger partial charge in [0.05, 0.1) is 12.5 Å². The summed E-state index contributed by atoms with van der Waals surface area (Å²) in [6.07, 6.45) is -3.57. The Morgan fingerprint density at radius 1 is 1.14 bits per heavy atom. The van der Waals surface area contributed by atoms with Crippen molar-refractivity contribution in [2.24, 2.45) is 0 Å². The van der Waals surface area contributed by atoms with E-state index in [2.05, 4.69) is 6.58 Å². The van der Waals surface area contributed by atoms with Crippen LogP contribution in [0.2, 0.25) is 0 Å². The topological polar surface area (TPSA) is 87.1 Å².